The fourth-order valence-electron chi connectivity index (χ4n) is 5.13. The third-order valence-electron chi connectivity index (χ3n) is 7.46. The van der Waals surface area contributed by atoms with E-state index in [9.17, 15) is 14.7 Å². The number of benzene rings is 1. The van der Waals surface area contributed by atoms with Crippen LogP contribution >= 0.6 is 11.6 Å². The largest absolute Gasteiger partial charge is 0.454 e. The molecule has 0 unspecified atom stereocenters. The molecule has 4 aromatic rings. The van der Waals surface area contributed by atoms with Crippen LogP contribution in [0.15, 0.2) is 46.0 Å². The average molecular weight is 538 g/mol. The third kappa shape index (κ3) is 3.93. The number of hydrogen-bond acceptors (Lipinski definition) is 8. The molecule has 38 heavy (non-hydrogen) atoms. The van der Waals surface area contributed by atoms with Gasteiger partial charge in [-0.05, 0) is 43.9 Å². The van der Waals surface area contributed by atoms with E-state index < -0.39 is 5.60 Å². The highest BCUT2D eigenvalue weighted by Gasteiger charge is 2.37. The highest BCUT2D eigenvalue weighted by Crippen LogP contribution is 2.39. The quantitative estimate of drug-likeness (QED) is 0.412. The van der Waals surface area contributed by atoms with E-state index in [-0.39, 0.29) is 30.6 Å². The average Bonchev–Trinajstić information content (AvgIpc) is 3.31. The van der Waals surface area contributed by atoms with Gasteiger partial charge in [-0.1, -0.05) is 11.6 Å². The first kappa shape index (κ1) is 23.3. The van der Waals surface area contributed by atoms with Gasteiger partial charge in [0.25, 0.3) is 11.5 Å². The Bertz CT molecular complexity index is 1630. The Hall–Kier alpha value is -3.83. The first-order valence-electron chi connectivity index (χ1n) is 12.5. The zero-order chi connectivity index (χ0) is 26.0. The van der Waals surface area contributed by atoms with E-state index in [1.807, 2.05) is 6.07 Å². The summed E-state index contributed by atoms with van der Waals surface area (Å²) >= 11 is 6.52. The lowest BCUT2D eigenvalue weighted by Gasteiger charge is -2.38. The van der Waals surface area contributed by atoms with Crippen LogP contribution in [-0.2, 0) is 6.54 Å². The summed E-state index contributed by atoms with van der Waals surface area (Å²) in [5, 5.41) is 11.9. The number of ether oxygens (including phenoxy) is 2. The van der Waals surface area contributed by atoms with Gasteiger partial charge < -0.3 is 23.9 Å². The summed E-state index contributed by atoms with van der Waals surface area (Å²) in [6.45, 7) is 0.882. The predicted molar refractivity (Wildman–Crippen MR) is 135 cm³/mol. The molecule has 1 saturated heterocycles. The van der Waals surface area contributed by atoms with E-state index in [1.54, 1.807) is 27.7 Å². The molecular weight excluding hydrogens is 514 g/mol. The second-order valence-electron chi connectivity index (χ2n) is 10.1. The number of oxazole rings is 1. The molecule has 5 heterocycles. The maximum atomic E-state index is 13.4. The second kappa shape index (κ2) is 8.60. The SMILES string of the molecule is O=C(c1cnc(C2CC2)o1)N1CCC(O)(Cn2cnc3c(cc(Cl)n3-c3ccc4c(c3)OCO4)c2=O)CC1. The van der Waals surface area contributed by atoms with E-state index >= 15 is 0 Å². The number of amides is 1. The highest BCUT2D eigenvalue weighted by molar-refractivity contribution is 6.31. The lowest BCUT2D eigenvalue weighted by molar-refractivity contribution is -0.0304. The van der Waals surface area contributed by atoms with Gasteiger partial charge >= 0.3 is 0 Å². The number of piperidine rings is 1. The number of carbonyl (C=O) groups is 1. The number of halogens is 1. The van der Waals surface area contributed by atoms with Crippen LogP contribution in [0.25, 0.3) is 16.7 Å². The lowest BCUT2D eigenvalue weighted by atomic mass is 9.91. The summed E-state index contributed by atoms with van der Waals surface area (Å²) in [5.41, 5.74) is -0.386. The minimum atomic E-state index is -1.17. The Labute approximate surface area is 221 Å². The molecule has 1 amide bonds. The molecule has 3 aromatic heterocycles. The van der Waals surface area contributed by atoms with Crippen molar-refractivity contribution in [2.45, 2.75) is 43.7 Å². The molecule has 12 heteroatoms. The lowest BCUT2D eigenvalue weighted by Crippen LogP contribution is -2.49. The summed E-state index contributed by atoms with van der Waals surface area (Å²) in [4.78, 5) is 36.6. The van der Waals surface area contributed by atoms with Crippen LogP contribution in [0, 0.1) is 0 Å². The first-order valence-corrected chi connectivity index (χ1v) is 12.9. The Morgan fingerprint density at radius 3 is 2.71 bits per heavy atom. The van der Waals surface area contributed by atoms with Gasteiger partial charge in [0, 0.05) is 25.1 Å². The summed E-state index contributed by atoms with van der Waals surface area (Å²) in [6, 6.07) is 6.95. The number of likely N-dealkylation sites (tertiary alicyclic amines) is 1. The Balaban J connectivity index is 1.09. The molecular formula is C26H24ClN5O6. The molecule has 0 radical (unpaired) electrons. The summed E-state index contributed by atoms with van der Waals surface area (Å²) < 4.78 is 19.6. The normalized spacial score (nSPS) is 18.3. The van der Waals surface area contributed by atoms with E-state index in [1.165, 1.54) is 17.1 Å². The topological polar surface area (TPSA) is 125 Å². The fraction of sp³-hybridized carbons (Fsp3) is 0.385. The zero-order valence-electron chi connectivity index (χ0n) is 20.3. The molecule has 11 nitrogen and oxygen atoms in total. The van der Waals surface area contributed by atoms with Gasteiger partial charge in [0.1, 0.15) is 11.5 Å². The first-order chi connectivity index (χ1) is 18.4. The Morgan fingerprint density at radius 2 is 1.92 bits per heavy atom. The molecule has 196 valence electrons. The van der Waals surface area contributed by atoms with E-state index in [2.05, 4.69) is 9.97 Å². The van der Waals surface area contributed by atoms with Gasteiger partial charge in [-0.25, -0.2) is 9.97 Å². The van der Waals surface area contributed by atoms with Crippen molar-refractivity contribution in [3.05, 3.63) is 63.9 Å². The third-order valence-corrected chi connectivity index (χ3v) is 7.74. The van der Waals surface area contributed by atoms with Crippen LogP contribution in [0.3, 0.4) is 0 Å². The Kier molecular flexibility index (Phi) is 5.27. The maximum Gasteiger partial charge on any atom is 0.291 e. The van der Waals surface area contributed by atoms with Gasteiger partial charge in [-0.15, -0.1) is 0 Å². The number of hydrogen-bond donors (Lipinski definition) is 1. The summed E-state index contributed by atoms with van der Waals surface area (Å²) in [6.07, 6.45) is 5.62. The number of rotatable bonds is 5. The van der Waals surface area contributed by atoms with Gasteiger partial charge in [0.15, 0.2) is 23.0 Å². The van der Waals surface area contributed by atoms with Gasteiger partial charge in [-0.2, -0.15) is 0 Å². The maximum absolute atomic E-state index is 13.4. The van der Waals surface area contributed by atoms with Crippen LogP contribution in [0.4, 0.5) is 0 Å². The number of fused-ring (bicyclic) bond motifs is 2. The molecule has 2 aliphatic heterocycles. The van der Waals surface area contributed by atoms with Crippen molar-refractivity contribution in [1.29, 1.82) is 0 Å². The van der Waals surface area contributed by atoms with Gasteiger partial charge in [0.05, 0.1) is 29.4 Å². The van der Waals surface area contributed by atoms with Crippen LogP contribution < -0.4 is 15.0 Å². The zero-order valence-corrected chi connectivity index (χ0v) is 21.1. The van der Waals surface area contributed by atoms with Crippen LogP contribution in [-0.4, -0.2) is 60.5 Å². The molecule has 1 N–H and O–H groups in total. The standard InChI is InChI=1S/C26H24ClN5O6/c27-21-10-17-22(32(21)16-3-4-18-19(9-16)37-14-36-18)29-13-31(24(17)33)12-26(35)5-7-30(8-6-26)25(34)20-11-28-23(38-20)15-1-2-15/h3-4,9-11,13,15,35H,1-2,5-8,12,14H2. The predicted octanol–water partition coefficient (Wildman–Crippen LogP) is 3.10. The molecule has 0 spiro atoms. The molecule has 2 fully saturated rings. The van der Waals surface area contributed by atoms with Crippen molar-refractivity contribution in [1.82, 2.24) is 24.0 Å². The minimum Gasteiger partial charge on any atom is -0.454 e. The van der Waals surface area contributed by atoms with Crippen LogP contribution in [0.2, 0.25) is 5.15 Å². The Morgan fingerprint density at radius 1 is 1.13 bits per heavy atom. The minimum absolute atomic E-state index is 0.0533. The number of aliphatic hydroxyl groups is 1. The van der Waals surface area contributed by atoms with Crippen molar-refractivity contribution < 1.29 is 23.8 Å². The monoisotopic (exact) mass is 537 g/mol. The number of nitrogens with zero attached hydrogens (tertiary/aromatic N) is 5. The van der Waals surface area contributed by atoms with Crippen LogP contribution in [0.1, 0.15) is 48.0 Å². The molecule has 0 bridgehead atoms. The molecule has 0 atom stereocenters. The fourth-order valence-corrected chi connectivity index (χ4v) is 5.42. The van der Waals surface area contributed by atoms with Crippen molar-refractivity contribution in [2.24, 2.45) is 0 Å². The van der Waals surface area contributed by atoms with Crippen molar-refractivity contribution in [2.75, 3.05) is 19.9 Å². The van der Waals surface area contributed by atoms with Crippen LogP contribution in [0.5, 0.6) is 11.5 Å². The molecule has 1 saturated carbocycles. The van der Waals surface area contributed by atoms with Gasteiger partial charge in [0.2, 0.25) is 12.6 Å². The van der Waals surface area contributed by atoms with Crippen molar-refractivity contribution in [3.8, 4) is 17.2 Å². The van der Waals surface area contributed by atoms with E-state index in [0.717, 1.165) is 12.8 Å². The second-order valence-corrected chi connectivity index (χ2v) is 10.5. The highest BCUT2D eigenvalue weighted by atomic mass is 35.5. The van der Waals surface area contributed by atoms with Gasteiger partial charge in [-0.3, -0.25) is 18.7 Å². The molecule has 1 aromatic carbocycles. The molecule has 3 aliphatic rings. The summed E-state index contributed by atoms with van der Waals surface area (Å²) in [5.74, 6) is 2.18. The summed E-state index contributed by atoms with van der Waals surface area (Å²) in [7, 11) is 0. The molecule has 1 aliphatic carbocycles. The number of carbonyl (C=O) groups excluding carboxylic acids is 1. The van der Waals surface area contributed by atoms with Crippen molar-refractivity contribution in [3.63, 3.8) is 0 Å². The smallest absolute Gasteiger partial charge is 0.291 e. The van der Waals surface area contributed by atoms with E-state index in [4.69, 9.17) is 25.5 Å². The van der Waals surface area contributed by atoms with E-state index in [0.29, 0.717) is 71.1 Å². The number of aromatic nitrogens is 4. The van der Waals surface area contributed by atoms with Crippen molar-refractivity contribution >= 4 is 28.5 Å². The molecule has 7 rings (SSSR count).